The molecule has 0 N–H and O–H groups in total. The van der Waals surface area contributed by atoms with E-state index in [0.29, 0.717) is 0 Å². The van der Waals surface area contributed by atoms with Crippen molar-refractivity contribution in [1.82, 2.24) is 0 Å². The molecule has 0 fully saturated rings. The van der Waals surface area contributed by atoms with Gasteiger partial charge in [-0.15, -0.1) is 0 Å². The standard InChI is InChI=1S/C16H20BrOSi/c1-16(2,3)12-7-8-13-11(10-12)6-9-14(17)15(13)18-19(4)5/h6-10H,1-5H3. The molecule has 101 valence electrons. The Kier molecular flexibility index (Phi) is 4.07. The number of halogens is 1. The van der Waals surface area contributed by atoms with E-state index in [2.05, 4.69) is 80.1 Å². The van der Waals surface area contributed by atoms with Gasteiger partial charge in [-0.1, -0.05) is 45.0 Å². The van der Waals surface area contributed by atoms with Gasteiger partial charge >= 0.3 is 0 Å². The van der Waals surface area contributed by atoms with E-state index < -0.39 is 9.04 Å². The van der Waals surface area contributed by atoms with Gasteiger partial charge in [0.05, 0.1) is 4.47 Å². The van der Waals surface area contributed by atoms with E-state index in [1.165, 1.54) is 16.3 Å². The maximum atomic E-state index is 6.04. The van der Waals surface area contributed by atoms with Crippen molar-refractivity contribution in [2.75, 3.05) is 0 Å². The summed E-state index contributed by atoms with van der Waals surface area (Å²) >= 11 is 3.60. The minimum Gasteiger partial charge on any atom is -0.541 e. The molecule has 0 unspecified atom stereocenters. The molecule has 1 nitrogen and oxygen atoms in total. The molecule has 0 aliphatic carbocycles. The molecule has 0 saturated heterocycles. The SMILES string of the molecule is C[Si](C)Oc1c(Br)ccc2cc(C(C)(C)C)ccc12. The van der Waals surface area contributed by atoms with Crippen LogP contribution in [0.2, 0.25) is 13.1 Å². The summed E-state index contributed by atoms with van der Waals surface area (Å²) in [6, 6.07) is 10.9. The van der Waals surface area contributed by atoms with E-state index in [4.69, 9.17) is 4.43 Å². The number of rotatable bonds is 2. The summed E-state index contributed by atoms with van der Waals surface area (Å²) in [5, 5.41) is 2.43. The molecule has 2 rings (SSSR count). The van der Waals surface area contributed by atoms with E-state index in [-0.39, 0.29) is 5.41 Å². The lowest BCUT2D eigenvalue weighted by Gasteiger charge is -2.20. The van der Waals surface area contributed by atoms with Gasteiger partial charge in [-0.3, -0.25) is 0 Å². The third-order valence-electron chi connectivity index (χ3n) is 3.09. The van der Waals surface area contributed by atoms with Crippen LogP contribution in [0, 0.1) is 0 Å². The van der Waals surface area contributed by atoms with Crippen molar-refractivity contribution in [3.8, 4) is 5.75 Å². The van der Waals surface area contributed by atoms with Crippen LogP contribution >= 0.6 is 15.9 Å². The lowest BCUT2D eigenvalue weighted by atomic mass is 9.86. The largest absolute Gasteiger partial charge is 0.541 e. The summed E-state index contributed by atoms with van der Waals surface area (Å²) in [5.41, 5.74) is 1.53. The average molecular weight is 336 g/mol. The summed E-state index contributed by atoms with van der Waals surface area (Å²) < 4.78 is 7.08. The molecule has 0 aliphatic rings. The zero-order chi connectivity index (χ0) is 14.2. The smallest absolute Gasteiger partial charge is 0.274 e. The first-order chi connectivity index (χ1) is 8.79. The fourth-order valence-electron chi connectivity index (χ4n) is 2.05. The average Bonchev–Trinajstić information content (AvgIpc) is 2.30. The van der Waals surface area contributed by atoms with E-state index in [9.17, 15) is 0 Å². The van der Waals surface area contributed by atoms with Gasteiger partial charge in [-0.2, -0.15) is 0 Å². The molecule has 0 heterocycles. The fraction of sp³-hybridized carbons (Fsp3) is 0.375. The van der Waals surface area contributed by atoms with Crippen molar-refractivity contribution in [3.63, 3.8) is 0 Å². The van der Waals surface area contributed by atoms with Crippen molar-refractivity contribution < 1.29 is 4.43 Å². The van der Waals surface area contributed by atoms with Gasteiger partial charge in [0.25, 0.3) is 9.04 Å². The number of hydrogen-bond donors (Lipinski definition) is 0. The van der Waals surface area contributed by atoms with E-state index in [0.717, 1.165) is 10.2 Å². The highest BCUT2D eigenvalue weighted by Gasteiger charge is 2.16. The van der Waals surface area contributed by atoms with Crippen LogP contribution in [0.5, 0.6) is 5.75 Å². The summed E-state index contributed by atoms with van der Waals surface area (Å²) in [6.07, 6.45) is 0. The van der Waals surface area contributed by atoms with E-state index in [1.807, 2.05) is 0 Å². The highest BCUT2D eigenvalue weighted by molar-refractivity contribution is 9.10. The Bertz CT molecular complexity index is 599. The molecule has 0 aromatic heterocycles. The zero-order valence-electron chi connectivity index (χ0n) is 12.2. The Hall–Kier alpha value is -0.803. The summed E-state index contributed by atoms with van der Waals surface area (Å²) in [5.74, 6) is 0.983. The predicted octanol–water partition coefficient (Wildman–Crippen LogP) is 5.53. The maximum absolute atomic E-state index is 6.04. The lowest BCUT2D eigenvalue weighted by Crippen LogP contribution is -2.12. The van der Waals surface area contributed by atoms with Gasteiger partial charge in [0.15, 0.2) is 0 Å². The number of benzene rings is 2. The first-order valence-corrected chi connectivity index (χ1v) is 9.70. The normalized spacial score (nSPS) is 12.2. The molecule has 0 spiro atoms. The monoisotopic (exact) mass is 335 g/mol. The predicted molar refractivity (Wildman–Crippen MR) is 88.5 cm³/mol. The highest BCUT2D eigenvalue weighted by atomic mass is 79.9. The van der Waals surface area contributed by atoms with Crippen molar-refractivity contribution in [2.45, 2.75) is 39.3 Å². The van der Waals surface area contributed by atoms with E-state index >= 15 is 0 Å². The summed E-state index contributed by atoms with van der Waals surface area (Å²) in [4.78, 5) is 0. The van der Waals surface area contributed by atoms with Gasteiger partial charge in [-0.05, 0) is 51.5 Å². The zero-order valence-corrected chi connectivity index (χ0v) is 14.8. The van der Waals surface area contributed by atoms with Gasteiger partial charge in [0.1, 0.15) is 5.75 Å². The van der Waals surface area contributed by atoms with E-state index in [1.54, 1.807) is 0 Å². The van der Waals surface area contributed by atoms with Crippen molar-refractivity contribution in [3.05, 3.63) is 40.4 Å². The summed E-state index contributed by atoms with van der Waals surface area (Å²) in [7, 11) is -0.768. The molecule has 0 bridgehead atoms. The second-order valence-corrected chi connectivity index (χ2v) is 8.95. The first-order valence-electron chi connectivity index (χ1n) is 6.50. The van der Waals surface area contributed by atoms with Crippen LogP contribution in [-0.4, -0.2) is 9.04 Å². The van der Waals surface area contributed by atoms with Crippen LogP contribution in [0.1, 0.15) is 26.3 Å². The Morgan fingerprint density at radius 3 is 2.32 bits per heavy atom. The van der Waals surface area contributed by atoms with Crippen LogP contribution in [0.4, 0.5) is 0 Å². The van der Waals surface area contributed by atoms with Crippen LogP contribution in [-0.2, 0) is 5.41 Å². The molecule has 2 aromatic rings. The second kappa shape index (κ2) is 5.29. The fourth-order valence-corrected chi connectivity index (χ4v) is 3.25. The van der Waals surface area contributed by atoms with Gasteiger partial charge in [0, 0.05) is 5.39 Å². The molecular formula is C16H20BrOSi. The van der Waals surface area contributed by atoms with Crippen molar-refractivity contribution >= 4 is 35.7 Å². The first kappa shape index (κ1) is 14.6. The van der Waals surface area contributed by atoms with Gasteiger partial charge in [-0.25, -0.2) is 0 Å². The third kappa shape index (κ3) is 3.21. The third-order valence-corrected chi connectivity index (χ3v) is 4.33. The topological polar surface area (TPSA) is 9.23 Å². The van der Waals surface area contributed by atoms with Crippen LogP contribution in [0.25, 0.3) is 10.8 Å². The Morgan fingerprint density at radius 2 is 1.74 bits per heavy atom. The molecule has 0 saturated carbocycles. The minimum absolute atomic E-state index is 0.173. The lowest BCUT2D eigenvalue weighted by molar-refractivity contribution is 0.582. The molecular weight excluding hydrogens is 316 g/mol. The molecule has 1 radical (unpaired) electrons. The Morgan fingerprint density at radius 1 is 1.05 bits per heavy atom. The Balaban J connectivity index is 2.61. The van der Waals surface area contributed by atoms with Crippen LogP contribution in [0.3, 0.4) is 0 Å². The highest BCUT2D eigenvalue weighted by Crippen LogP contribution is 2.36. The molecule has 0 amide bonds. The van der Waals surface area contributed by atoms with Crippen molar-refractivity contribution in [2.24, 2.45) is 0 Å². The van der Waals surface area contributed by atoms with Crippen molar-refractivity contribution in [1.29, 1.82) is 0 Å². The molecule has 0 atom stereocenters. The maximum Gasteiger partial charge on any atom is 0.274 e. The van der Waals surface area contributed by atoms with Gasteiger partial charge < -0.3 is 4.43 Å². The molecule has 2 aromatic carbocycles. The second-order valence-electron chi connectivity index (χ2n) is 6.07. The quantitative estimate of drug-likeness (QED) is 0.655. The van der Waals surface area contributed by atoms with Gasteiger partial charge in [0.2, 0.25) is 0 Å². The molecule has 19 heavy (non-hydrogen) atoms. The minimum atomic E-state index is -0.768. The Labute approximate surface area is 125 Å². The molecule has 3 heteroatoms. The molecule has 0 aliphatic heterocycles. The van der Waals surface area contributed by atoms with Crippen LogP contribution < -0.4 is 4.43 Å². The number of hydrogen-bond acceptors (Lipinski definition) is 1. The summed E-state index contributed by atoms with van der Waals surface area (Å²) in [6.45, 7) is 11.0. The van der Waals surface area contributed by atoms with Crippen LogP contribution in [0.15, 0.2) is 34.8 Å². The number of fused-ring (bicyclic) bond motifs is 1.